The average Bonchev–Trinajstić information content (AvgIpc) is 3.25. The van der Waals surface area contributed by atoms with E-state index in [0.29, 0.717) is 24.6 Å². The molecule has 2 aromatic rings. The number of halogens is 1. The Morgan fingerprint density at radius 1 is 1.16 bits per heavy atom. The van der Waals surface area contributed by atoms with Crippen molar-refractivity contribution in [3.8, 4) is 0 Å². The van der Waals surface area contributed by atoms with Gasteiger partial charge in [-0.25, -0.2) is 4.39 Å². The van der Waals surface area contributed by atoms with Crippen LogP contribution in [0.25, 0.3) is 0 Å². The SMILES string of the molecule is Cc1ccc(C[C@@H]2CCCN2C[C@@H](CO[C@H](C)c2ccccc2CCO)O[Si](C)(C)C(C)(C)C)cc1F. The van der Waals surface area contributed by atoms with Crippen LogP contribution in [0.1, 0.15) is 68.9 Å². The fourth-order valence-electron chi connectivity index (χ4n) is 5.00. The highest BCUT2D eigenvalue weighted by molar-refractivity contribution is 6.74. The summed E-state index contributed by atoms with van der Waals surface area (Å²) in [6.07, 6.45) is 3.63. The van der Waals surface area contributed by atoms with E-state index < -0.39 is 8.32 Å². The highest BCUT2D eigenvalue weighted by Crippen LogP contribution is 2.38. The second-order valence-corrected chi connectivity index (χ2v) is 17.0. The number of nitrogens with zero attached hydrogens (tertiary/aromatic N) is 1. The van der Waals surface area contributed by atoms with E-state index in [9.17, 15) is 9.50 Å². The molecule has 0 aliphatic carbocycles. The lowest BCUT2D eigenvalue weighted by Crippen LogP contribution is -2.49. The van der Waals surface area contributed by atoms with Gasteiger partial charge in [0, 0.05) is 19.2 Å². The highest BCUT2D eigenvalue weighted by atomic mass is 28.4. The Morgan fingerprint density at radius 2 is 1.89 bits per heavy atom. The molecule has 1 fully saturated rings. The molecular formula is C31H48FNO3Si. The summed E-state index contributed by atoms with van der Waals surface area (Å²) in [6, 6.07) is 14.2. The maximum absolute atomic E-state index is 14.2. The first-order valence-corrected chi connectivity index (χ1v) is 16.8. The summed E-state index contributed by atoms with van der Waals surface area (Å²) in [6.45, 7) is 17.8. The first-order chi connectivity index (χ1) is 17.4. The van der Waals surface area contributed by atoms with Gasteiger partial charge in [-0.2, -0.15) is 0 Å². The van der Waals surface area contributed by atoms with E-state index in [0.717, 1.165) is 49.0 Å². The number of aliphatic hydroxyl groups excluding tert-OH is 1. The van der Waals surface area contributed by atoms with Crippen LogP contribution < -0.4 is 0 Å². The highest BCUT2D eigenvalue weighted by Gasteiger charge is 2.40. The van der Waals surface area contributed by atoms with Crippen LogP contribution in [0, 0.1) is 12.7 Å². The van der Waals surface area contributed by atoms with Crippen molar-refractivity contribution in [2.45, 2.75) is 96.7 Å². The van der Waals surface area contributed by atoms with Crippen molar-refractivity contribution in [2.24, 2.45) is 0 Å². The van der Waals surface area contributed by atoms with Gasteiger partial charge in [-0.15, -0.1) is 0 Å². The summed E-state index contributed by atoms with van der Waals surface area (Å²) in [5.74, 6) is -0.120. The van der Waals surface area contributed by atoms with Crippen LogP contribution in [0.2, 0.25) is 18.1 Å². The molecule has 6 heteroatoms. The summed E-state index contributed by atoms with van der Waals surface area (Å²) in [7, 11) is -2.01. The monoisotopic (exact) mass is 529 g/mol. The second-order valence-electron chi connectivity index (χ2n) is 12.2. The Labute approximate surface area is 225 Å². The Morgan fingerprint density at radius 3 is 2.57 bits per heavy atom. The fourth-order valence-corrected chi connectivity index (χ4v) is 6.33. The van der Waals surface area contributed by atoms with Gasteiger partial charge in [0.05, 0.1) is 18.8 Å². The molecule has 1 aliphatic rings. The summed E-state index contributed by atoms with van der Waals surface area (Å²) in [4.78, 5) is 2.53. The lowest BCUT2D eigenvalue weighted by atomic mass is 10.0. The smallest absolute Gasteiger partial charge is 0.192 e. The van der Waals surface area contributed by atoms with Crippen molar-refractivity contribution in [3.63, 3.8) is 0 Å². The Kier molecular flexibility index (Phi) is 10.5. The third kappa shape index (κ3) is 8.20. The van der Waals surface area contributed by atoms with E-state index in [4.69, 9.17) is 9.16 Å². The van der Waals surface area contributed by atoms with Crippen molar-refractivity contribution in [1.82, 2.24) is 4.90 Å². The molecule has 37 heavy (non-hydrogen) atoms. The van der Waals surface area contributed by atoms with Crippen LogP contribution in [-0.4, -0.2) is 56.8 Å². The van der Waals surface area contributed by atoms with Gasteiger partial charge in [0.25, 0.3) is 0 Å². The van der Waals surface area contributed by atoms with Gasteiger partial charge in [0.15, 0.2) is 8.32 Å². The number of ether oxygens (including phenoxy) is 1. The van der Waals surface area contributed by atoms with Gasteiger partial charge in [0.2, 0.25) is 0 Å². The number of benzene rings is 2. The summed E-state index contributed by atoms with van der Waals surface area (Å²) in [5, 5.41) is 9.59. The first-order valence-electron chi connectivity index (χ1n) is 13.9. The standard InChI is InChI=1S/C31H48FNO3Si/c1-23-14-15-25(20-30(23)32)19-27-12-10-17-33(27)21-28(36-37(6,7)31(3,4)5)22-35-24(2)29-13-9-8-11-26(29)16-18-34/h8-9,11,13-15,20,24,27-28,34H,10,12,16-19,21-22H2,1-7H3/t24-,27+,28+/m1/s1. The van der Waals surface area contributed by atoms with Gasteiger partial charge in [-0.05, 0) is 92.5 Å². The number of rotatable bonds is 12. The molecule has 2 aromatic carbocycles. The van der Waals surface area contributed by atoms with Gasteiger partial charge in [0.1, 0.15) is 5.82 Å². The van der Waals surface area contributed by atoms with Crippen molar-refractivity contribution in [2.75, 3.05) is 26.3 Å². The van der Waals surface area contributed by atoms with E-state index in [1.807, 2.05) is 25.1 Å². The number of aryl methyl sites for hydroxylation is 1. The lowest BCUT2D eigenvalue weighted by Gasteiger charge is -2.41. The van der Waals surface area contributed by atoms with E-state index in [1.165, 1.54) is 0 Å². The van der Waals surface area contributed by atoms with E-state index in [2.05, 4.69) is 63.9 Å². The van der Waals surface area contributed by atoms with E-state index in [1.54, 1.807) is 6.07 Å². The second kappa shape index (κ2) is 13.0. The quantitative estimate of drug-likeness (QED) is 0.306. The molecule has 1 N–H and O–H groups in total. The number of aliphatic hydroxyl groups is 1. The normalized spacial score (nSPS) is 18.8. The van der Waals surface area contributed by atoms with E-state index in [-0.39, 0.29) is 29.7 Å². The Hall–Kier alpha value is -1.57. The van der Waals surface area contributed by atoms with Gasteiger partial charge in [-0.1, -0.05) is 57.2 Å². The summed E-state index contributed by atoms with van der Waals surface area (Å²) in [5.41, 5.74) is 4.02. The maximum Gasteiger partial charge on any atom is 0.192 e. The minimum atomic E-state index is -2.01. The molecular weight excluding hydrogens is 481 g/mol. The van der Waals surface area contributed by atoms with Crippen LogP contribution in [-0.2, 0) is 22.0 Å². The molecule has 0 saturated carbocycles. The Balaban J connectivity index is 1.73. The third-order valence-corrected chi connectivity index (χ3v) is 12.9. The zero-order valence-corrected chi connectivity index (χ0v) is 25.0. The summed E-state index contributed by atoms with van der Waals surface area (Å²) >= 11 is 0. The summed E-state index contributed by atoms with van der Waals surface area (Å²) < 4.78 is 27.6. The molecule has 0 aromatic heterocycles. The molecule has 1 saturated heterocycles. The predicted octanol–water partition coefficient (Wildman–Crippen LogP) is 6.84. The lowest BCUT2D eigenvalue weighted by molar-refractivity contribution is -0.0121. The van der Waals surface area contributed by atoms with Gasteiger partial charge < -0.3 is 14.3 Å². The molecule has 206 valence electrons. The topological polar surface area (TPSA) is 41.9 Å². The van der Waals surface area contributed by atoms with Crippen LogP contribution in [0.3, 0.4) is 0 Å². The first kappa shape index (κ1) is 30.0. The number of hydrogen-bond acceptors (Lipinski definition) is 4. The Bertz CT molecular complexity index is 1010. The third-order valence-electron chi connectivity index (χ3n) is 8.32. The van der Waals surface area contributed by atoms with Crippen LogP contribution in [0.15, 0.2) is 42.5 Å². The molecule has 0 radical (unpaired) electrons. The largest absolute Gasteiger partial charge is 0.410 e. The molecule has 0 spiro atoms. The molecule has 0 bridgehead atoms. The average molecular weight is 530 g/mol. The van der Waals surface area contributed by atoms with Crippen LogP contribution in [0.4, 0.5) is 4.39 Å². The van der Waals surface area contributed by atoms with Crippen molar-refractivity contribution in [3.05, 3.63) is 70.5 Å². The molecule has 0 amide bonds. The van der Waals surface area contributed by atoms with E-state index >= 15 is 0 Å². The molecule has 3 rings (SSSR count). The van der Waals surface area contributed by atoms with Crippen LogP contribution >= 0.6 is 0 Å². The molecule has 1 aliphatic heterocycles. The molecule has 0 unspecified atom stereocenters. The molecule has 1 heterocycles. The number of hydrogen-bond donors (Lipinski definition) is 1. The minimum absolute atomic E-state index is 0.0382. The maximum atomic E-state index is 14.2. The molecule has 4 nitrogen and oxygen atoms in total. The van der Waals surface area contributed by atoms with Crippen molar-refractivity contribution >= 4 is 8.32 Å². The van der Waals surface area contributed by atoms with Crippen LogP contribution in [0.5, 0.6) is 0 Å². The zero-order chi connectivity index (χ0) is 27.2. The van der Waals surface area contributed by atoms with Gasteiger partial charge in [-0.3, -0.25) is 4.90 Å². The fraction of sp³-hybridized carbons (Fsp3) is 0.613. The zero-order valence-electron chi connectivity index (χ0n) is 24.0. The molecule has 3 atom stereocenters. The predicted molar refractivity (Wildman–Crippen MR) is 153 cm³/mol. The van der Waals surface area contributed by atoms with Crippen molar-refractivity contribution in [1.29, 1.82) is 0 Å². The number of likely N-dealkylation sites (tertiary alicyclic amines) is 1. The van der Waals surface area contributed by atoms with Gasteiger partial charge >= 0.3 is 0 Å². The van der Waals surface area contributed by atoms with Crippen molar-refractivity contribution < 1.29 is 18.7 Å². The minimum Gasteiger partial charge on any atom is -0.410 e.